The van der Waals surface area contributed by atoms with E-state index in [2.05, 4.69) is 29.2 Å². The van der Waals surface area contributed by atoms with E-state index in [4.69, 9.17) is 15.5 Å². The highest BCUT2D eigenvalue weighted by Crippen LogP contribution is 2.43. The molecule has 1 fully saturated rings. The fraction of sp³-hybridized carbons (Fsp3) is 0.385. The predicted octanol–water partition coefficient (Wildman–Crippen LogP) is 5.16. The summed E-state index contributed by atoms with van der Waals surface area (Å²) in [6.07, 6.45) is 5.34. The number of aromatic nitrogens is 1. The van der Waals surface area contributed by atoms with E-state index in [-0.39, 0.29) is 6.10 Å². The number of likely N-dealkylation sites (tertiary alicyclic amines) is 1. The van der Waals surface area contributed by atoms with Gasteiger partial charge in [-0.1, -0.05) is 18.2 Å². The third-order valence-corrected chi connectivity index (χ3v) is 7.50. The Morgan fingerprint density at radius 2 is 2.12 bits per heavy atom. The smallest absolute Gasteiger partial charge is 0.137 e. The third-order valence-electron chi connectivity index (χ3n) is 6.42. The summed E-state index contributed by atoms with van der Waals surface area (Å²) in [4.78, 5) is 8.44. The molecule has 2 atom stereocenters. The van der Waals surface area contributed by atoms with Gasteiger partial charge >= 0.3 is 0 Å². The molecule has 2 heterocycles. The quantitative estimate of drug-likeness (QED) is 0.589. The highest BCUT2D eigenvalue weighted by molar-refractivity contribution is 7.18. The standard InChI is InChI=1S/C26H28N4OS/c1-16(2)31-24-9-6-17(12-18(24)13-27)26-29-14-25(32-26)22-5-3-4-21-20(22)7-8-23(21)30-11-10-19(28)15-30/h3-6,9,12,14,16,19,23H,7-8,10-11,15,28H2,1-2H3/t19-,23?/m1/s1. The zero-order valence-electron chi connectivity index (χ0n) is 18.5. The molecule has 1 aromatic heterocycles. The number of nitrogens with zero attached hydrogens (tertiary/aromatic N) is 3. The van der Waals surface area contributed by atoms with Gasteiger partial charge in [0.1, 0.15) is 16.8 Å². The predicted molar refractivity (Wildman–Crippen MR) is 129 cm³/mol. The lowest BCUT2D eigenvalue weighted by molar-refractivity contribution is 0.242. The van der Waals surface area contributed by atoms with E-state index < -0.39 is 0 Å². The van der Waals surface area contributed by atoms with Gasteiger partial charge in [0.15, 0.2) is 0 Å². The Morgan fingerprint density at radius 1 is 1.25 bits per heavy atom. The highest BCUT2D eigenvalue weighted by atomic mass is 32.1. The van der Waals surface area contributed by atoms with Crippen LogP contribution in [0, 0.1) is 11.3 Å². The molecule has 1 unspecified atom stereocenters. The molecule has 1 aliphatic carbocycles. The molecule has 5 rings (SSSR count). The van der Waals surface area contributed by atoms with Crippen LogP contribution in [0.3, 0.4) is 0 Å². The van der Waals surface area contributed by atoms with Crippen LogP contribution in [-0.4, -0.2) is 35.1 Å². The van der Waals surface area contributed by atoms with Gasteiger partial charge in [-0.2, -0.15) is 5.26 Å². The van der Waals surface area contributed by atoms with E-state index in [1.807, 2.05) is 38.2 Å². The van der Waals surface area contributed by atoms with Gasteiger partial charge < -0.3 is 10.5 Å². The largest absolute Gasteiger partial charge is 0.490 e. The lowest BCUT2D eigenvalue weighted by atomic mass is 10.0. The molecule has 2 aliphatic rings. The molecule has 0 bridgehead atoms. The molecular formula is C26H28N4OS. The Balaban J connectivity index is 1.44. The van der Waals surface area contributed by atoms with Crippen LogP contribution in [0.15, 0.2) is 42.6 Å². The molecule has 2 aromatic carbocycles. The number of nitriles is 1. The summed E-state index contributed by atoms with van der Waals surface area (Å²) in [7, 11) is 0. The van der Waals surface area contributed by atoms with Crippen LogP contribution >= 0.6 is 11.3 Å². The summed E-state index contributed by atoms with van der Waals surface area (Å²) >= 11 is 1.68. The number of fused-ring (bicyclic) bond motifs is 1. The highest BCUT2D eigenvalue weighted by Gasteiger charge is 2.33. The topological polar surface area (TPSA) is 75.2 Å². The summed E-state index contributed by atoms with van der Waals surface area (Å²) in [5, 5.41) is 10.5. The van der Waals surface area contributed by atoms with E-state index in [1.54, 1.807) is 11.3 Å². The molecule has 1 aliphatic heterocycles. The van der Waals surface area contributed by atoms with Crippen molar-refractivity contribution in [3.8, 4) is 32.8 Å². The number of rotatable bonds is 5. The molecule has 1 saturated heterocycles. The van der Waals surface area contributed by atoms with Crippen molar-refractivity contribution >= 4 is 11.3 Å². The van der Waals surface area contributed by atoms with Crippen molar-refractivity contribution in [2.24, 2.45) is 5.73 Å². The molecule has 0 radical (unpaired) electrons. The van der Waals surface area contributed by atoms with E-state index >= 15 is 0 Å². The maximum atomic E-state index is 9.56. The molecule has 6 heteroatoms. The summed E-state index contributed by atoms with van der Waals surface area (Å²) < 4.78 is 5.76. The first-order valence-electron chi connectivity index (χ1n) is 11.3. The molecule has 0 spiro atoms. The van der Waals surface area contributed by atoms with Crippen molar-refractivity contribution in [3.05, 3.63) is 59.3 Å². The number of hydrogen-bond acceptors (Lipinski definition) is 6. The first-order valence-corrected chi connectivity index (χ1v) is 12.1. The van der Waals surface area contributed by atoms with Gasteiger partial charge in [-0.15, -0.1) is 11.3 Å². The van der Waals surface area contributed by atoms with Crippen LogP contribution in [0.2, 0.25) is 0 Å². The Morgan fingerprint density at radius 3 is 2.88 bits per heavy atom. The van der Waals surface area contributed by atoms with Crippen LogP contribution in [0.4, 0.5) is 0 Å². The van der Waals surface area contributed by atoms with Gasteiger partial charge in [-0.05, 0) is 68.0 Å². The Bertz CT molecular complexity index is 1180. The maximum Gasteiger partial charge on any atom is 0.137 e. The second-order valence-corrected chi connectivity index (χ2v) is 10.0. The van der Waals surface area contributed by atoms with E-state index in [1.165, 1.54) is 21.6 Å². The van der Waals surface area contributed by atoms with Crippen molar-refractivity contribution in [1.29, 1.82) is 5.26 Å². The first kappa shape index (κ1) is 21.1. The van der Waals surface area contributed by atoms with Crippen molar-refractivity contribution in [2.75, 3.05) is 13.1 Å². The van der Waals surface area contributed by atoms with Crippen molar-refractivity contribution < 1.29 is 4.74 Å². The fourth-order valence-corrected chi connectivity index (χ4v) is 5.95. The summed E-state index contributed by atoms with van der Waals surface area (Å²) in [6, 6.07) is 15.5. The fourth-order valence-electron chi connectivity index (χ4n) is 4.98. The van der Waals surface area contributed by atoms with Gasteiger partial charge in [0.05, 0.1) is 16.5 Å². The van der Waals surface area contributed by atoms with E-state index in [0.717, 1.165) is 42.9 Å². The molecule has 3 aromatic rings. The van der Waals surface area contributed by atoms with Crippen LogP contribution in [0.5, 0.6) is 5.75 Å². The molecular weight excluding hydrogens is 416 g/mol. The summed E-state index contributed by atoms with van der Waals surface area (Å²) in [5.41, 5.74) is 11.9. The van der Waals surface area contributed by atoms with E-state index in [9.17, 15) is 5.26 Å². The van der Waals surface area contributed by atoms with Crippen molar-refractivity contribution in [2.45, 2.75) is 51.3 Å². The average Bonchev–Trinajstić information content (AvgIpc) is 3.52. The third kappa shape index (κ3) is 3.93. The zero-order valence-corrected chi connectivity index (χ0v) is 19.4. The monoisotopic (exact) mass is 444 g/mol. The van der Waals surface area contributed by atoms with Crippen LogP contribution < -0.4 is 10.5 Å². The Hall–Kier alpha value is -2.72. The minimum absolute atomic E-state index is 0.0275. The Kier molecular flexibility index (Phi) is 5.73. The number of nitrogens with two attached hydrogens (primary N) is 1. The lowest BCUT2D eigenvalue weighted by Gasteiger charge is -2.24. The minimum Gasteiger partial charge on any atom is -0.490 e. The minimum atomic E-state index is 0.0275. The van der Waals surface area contributed by atoms with Gasteiger partial charge in [0.2, 0.25) is 0 Å². The second kappa shape index (κ2) is 8.67. The van der Waals surface area contributed by atoms with Gasteiger partial charge in [-0.25, -0.2) is 4.98 Å². The zero-order chi connectivity index (χ0) is 22.2. The van der Waals surface area contributed by atoms with E-state index in [0.29, 0.717) is 23.4 Å². The Labute approximate surface area is 193 Å². The average molecular weight is 445 g/mol. The van der Waals surface area contributed by atoms with Crippen LogP contribution in [0.25, 0.3) is 21.0 Å². The van der Waals surface area contributed by atoms with Crippen LogP contribution in [-0.2, 0) is 6.42 Å². The van der Waals surface area contributed by atoms with Crippen LogP contribution in [0.1, 0.15) is 49.4 Å². The normalized spacial score (nSPS) is 20.5. The molecule has 5 nitrogen and oxygen atoms in total. The SMILES string of the molecule is CC(C)Oc1ccc(-c2ncc(-c3cccc4c3CCC4N3CC[C@@H](N)C3)s2)cc1C#N. The number of hydrogen-bond donors (Lipinski definition) is 1. The van der Waals surface area contributed by atoms with Gasteiger partial charge in [0.25, 0.3) is 0 Å². The number of thiazole rings is 1. The second-order valence-electron chi connectivity index (χ2n) is 8.99. The van der Waals surface area contributed by atoms with Gasteiger partial charge in [-0.3, -0.25) is 4.90 Å². The first-order chi connectivity index (χ1) is 15.5. The maximum absolute atomic E-state index is 9.56. The molecule has 0 amide bonds. The van der Waals surface area contributed by atoms with Gasteiger partial charge in [0, 0.05) is 36.9 Å². The van der Waals surface area contributed by atoms with Crippen molar-refractivity contribution in [3.63, 3.8) is 0 Å². The summed E-state index contributed by atoms with van der Waals surface area (Å²) in [5.74, 6) is 0.622. The molecule has 164 valence electrons. The lowest BCUT2D eigenvalue weighted by Crippen LogP contribution is -2.29. The van der Waals surface area contributed by atoms with Crippen molar-refractivity contribution in [1.82, 2.24) is 9.88 Å². The molecule has 0 saturated carbocycles. The molecule has 32 heavy (non-hydrogen) atoms. The summed E-state index contributed by atoms with van der Waals surface area (Å²) in [6.45, 7) is 6.01. The molecule has 2 N–H and O–H groups in total. The number of benzene rings is 2. The number of ether oxygens (including phenoxy) is 1.